The van der Waals surface area contributed by atoms with E-state index in [0.717, 1.165) is 24.5 Å². The number of aliphatic imine (C=N–C) groups is 2. The zero-order valence-corrected chi connectivity index (χ0v) is 17.8. The highest BCUT2D eigenvalue weighted by molar-refractivity contribution is 5.98. The molecule has 0 aliphatic carbocycles. The van der Waals surface area contributed by atoms with Gasteiger partial charge in [0.25, 0.3) is 0 Å². The van der Waals surface area contributed by atoms with Crippen molar-refractivity contribution in [1.29, 1.82) is 0 Å². The summed E-state index contributed by atoms with van der Waals surface area (Å²) in [6, 6.07) is 10.3. The lowest BCUT2D eigenvalue weighted by atomic mass is 10.0. The SMILES string of the molecule is CC1CC(Nc2ccc(-c3ccc(NC4=NC(C)C(C)C4)c(F)c3)cc2F)=NC1C. The Morgan fingerprint density at radius 2 is 1.10 bits per heavy atom. The number of nitrogens with zero attached hydrogens (tertiary/aromatic N) is 2. The summed E-state index contributed by atoms with van der Waals surface area (Å²) in [5.41, 5.74) is 2.03. The molecular weight excluding hydrogens is 382 g/mol. The predicted molar refractivity (Wildman–Crippen MR) is 120 cm³/mol. The molecule has 0 fully saturated rings. The standard InChI is InChI=1S/C24H28F2N4/c1-13-9-23(27-15(13)3)29-21-7-5-17(11-19(21)25)18-6-8-22(20(26)12-18)30-24-10-14(2)16(4)28-24/h5-8,11-16H,9-10H2,1-4H3,(H,27,29)(H,28,30). The van der Waals surface area contributed by atoms with Crippen molar-refractivity contribution in [3.63, 3.8) is 0 Å². The smallest absolute Gasteiger partial charge is 0.147 e. The van der Waals surface area contributed by atoms with Gasteiger partial charge in [-0.2, -0.15) is 0 Å². The minimum Gasteiger partial charge on any atom is -0.342 e. The number of hydrogen-bond donors (Lipinski definition) is 2. The molecule has 158 valence electrons. The molecule has 4 nitrogen and oxygen atoms in total. The Hall–Kier alpha value is -2.76. The molecule has 0 bridgehead atoms. The lowest BCUT2D eigenvalue weighted by Crippen LogP contribution is -2.12. The molecule has 30 heavy (non-hydrogen) atoms. The van der Waals surface area contributed by atoms with Crippen molar-refractivity contribution in [2.75, 3.05) is 10.6 Å². The molecular formula is C24H28F2N4. The highest BCUT2D eigenvalue weighted by Crippen LogP contribution is 2.29. The largest absolute Gasteiger partial charge is 0.342 e. The van der Waals surface area contributed by atoms with Gasteiger partial charge in [0.1, 0.15) is 23.3 Å². The van der Waals surface area contributed by atoms with Gasteiger partial charge in [0.15, 0.2) is 0 Å². The summed E-state index contributed by atoms with van der Waals surface area (Å²) in [7, 11) is 0. The maximum absolute atomic E-state index is 14.7. The van der Waals surface area contributed by atoms with E-state index in [2.05, 4.69) is 48.3 Å². The molecule has 4 unspecified atom stereocenters. The molecule has 2 N–H and O–H groups in total. The Bertz CT molecular complexity index is 933. The summed E-state index contributed by atoms with van der Waals surface area (Å²) in [6.07, 6.45) is 1.62. The van der Waals surface area contributed by atoms with Gasteiger partial charge >= 0.3 is 0 Å². The summed E-state index contributed by atoms with van der Waals surface area (Å²) in [5.74, 6) is 1.75. The number of amidine groups is 2. The molecule has 4 rings (SSSR count). The van der Waals surface area contributed by atoms with Crippen LogP contribution in [0.1, 0.15) is 40.5 Å². The van der Waals surface area contributed by atoms with E-state index in [4.69, 9.17) is 0 Å². The quantitative estimate of drug-likeness (QED) is 0.641. The number of hydrogen-bond acceptors (Lipinski definition) is 4. The van der Waals surface area contributed by atoms with Gasteiger partial charge in [0.05, 0.1) is 23.5 Å². The van der Waals surface area contributed by atoms with E-state index >= 15 is 0 Å². The maximum atomic E-state index is 14.7. The van der Waals surface area contributed by atoms with E-state index in [9.17, 15) is 8.78 Å². The van der Waals surface area contributed by atoms with Crippen LogP contribution in [0.5, 0.6) is 0 Å². The molecule has 0 aromatic heterocycles. The van der Waals surface area contributed by atoms with Crippen molar-refractivity contribution in [1.82, 2.24) is 0 Å². The molecule has 6 heteroatoms. The van der Waals surface area contributed by atoms with E-state index in [1.807, 2.05) is 0 Å². The van der Waals surface area contributed by atoms with Crippen molar-refractivity contribution in [3.8, 4) is 11.1 Å². The highest BCUT2D eigenvalue weighted by atomic mass is 19.1. The zero-order chi connectivity index (χ0) is 21.4. The summed E-state index contributed by atoms with van der Waals surface area (Å²) >= 11 is 0. The fraction of sp³-hybridized carbons (Fsp3) is 0.417. The van der Waals surface area contributed by atoms with E-state index < -0.39 is 0 Å². The zero-order valence-electron chi connectivity index (χ0n) is 17.8. The lowest BCUT2D eigenvalue weighted by Gasteiger charge is -2.11. The van der Waals surface area contributed by atoms with Gasteiger partial charge in [-0.3, -0.25) is 9.98 Å². The highest BCUT2D eigenvalue weighted by Gasteiger charge is 2.23. The van der Waals surface area contributed by atoms with Crippen LogP contribution < -0.4 is 10.6 Å². The number of rotatable bonds is 3. The minimum absolute atomic E-state index is 0.242. The number of nitrogens with one attached hydrogen (secondary N) is 2. The summed E-state index contributed by atoms with van der Waals surface area (Å²) in [4.78, 5) is 9.06. The van der Waals surface area contributed by atoms with Crippen LogP contribution in [0.3, 0.4) is 0 Å². The van der Waals surface area contributed by atoms with Crippen molar-refractivity contribution >= 4 is 23.0 Å². The molecule has 0 spiro atoms. The second-order valence-corrected chi connectivity index (χ2v) is 8.63. The van der Waals surface area contributed by atoms with Gasteiger partial charge in [-0.1, -0.05) is 26.0 Å². The summed E-state index contributed by atoms with van der Waals surface area (Å²) in [6.45, 7) is 8.39. The predicted octanol–water partition coefficient (Wildman–Crippen LogP) is 6.11. The molecule has 0 radical (unpaired) electrons. The Balaban J connectivity index is 1.49. The first kappa shape index (κ1) is 20.5. The van der Waals surface area contributed by atoms with Gasteiger partial charge in [-0.15, -0.1) is 0 Å². The molecule has 0 saturated carbocycles. The molecule has 2 aliphatic rings. The van der Waals surface area contributed by atoms with Crippen LogP contribution in [-0.2, 0) is 0 Å². The Kier molecular flexibility index (Phi) is 5.58. The van der Waals surface area contributed by atoms with Gasteiger partial charge in [0.2, 0.25) is 0 Å². The molecule has 0 saturated heterocycles. The van der Waals surface area contributed by atoms with E-state index in [0.29, 0.717) is 34.3 Å². The van der Waals surface area contributed by atoms with E-state index in [1.54, 1.807) is 24.3 Å². The van der Waals surface area contributed by atoms with E-state index in [-0.39, 0.29) is 23.7 Å². The van der Waals surface area contributed by atoms with Crippen LogP contribution in [0, 0.1) is 23.5 Å². The monoisotopic (exact) mass is 410 g/mol. The van der Waals surface area contributed by atoms with Crippen LogP contribution >= 0.6 is 0 Å². The van der Waals surface area contributed by atoms with E-state index in [1.165, 1.54) is 12.1 Å². The number of anilines is 2. The van der Waals surface area contributed by atoms with Crippen LogP contribution in [0.4, 0.5) is 20.2 Å². The van der Waals surface area contributed by atoms with Gasteiger partial charge in [0, 0.05) is 12.8 Å². The third kappa shape index (κ3) is 4.23. The van der Waals surface area contributed by atoms with Crippen LogP contribution in [0.2, 0.25) is 0 Å². The topological polar surface area (TPSA) is 48.8 Å². The third-order valence-electron chi connectivity index (χ3n) is 6.23. The van der Waals surface area contributed by atoms with Crippen molar-refractivity contribution in [2.45, 2.75) is 52.6 Å². The van der Waals surface area contributed by atoms with Gasteiger partial charge in [-0.05, 0) is 61.1 Å². The van der Waals surface area contributed by atoms with Crippen molar-refractivity contribution in [3.05, 3.63) is 48.0 Å². The molecule has 2 aromatic carbocycles. The van der Waals surface area contributed by atoms with Crippen molar-refractivity contribution in [2.24, 2.45) is 21.8 Å². The average Bonchev–Trinajstić information content (AvgIpc) is 3.18. The lowest BCUT2D eigenvalue weighted by molar-refractivity contribution is 0.539. The molecule has 0 amide bonds. The number of halogens is 2. The Morgan fingerprint density at radius 3 is 1.40 bits per heavy atom. The minimum atomic E-state index is -0.381. The van der Waals surface area contributed by atoms with Crippen LogP contribution in [0.15, 0.2) is 46.4 Å². The number of benzene rings is 2. The first-order valence-electron chi connectivity index (χ1n) is 10.6. The van der Waals surface area contributed by atoms with Crippen LogP contribution in [-0.4, -0.2) is 23.8 Å². The normalized spacial score (nSPS) is 25.8. The Morgan fingerprint density at radius 1 is 0.700 bits per heavy atom. The Labute approximate surface area is 176 Å². The second kappa shape index (κ2) is 8.17. The second-order valence-electron chi connectivity index (χ2n) is 8.63. The van der Waals surface area contributed by atoms with Gasteiger partial charge < -0.3 is 10.6 Å². The first-order valence-corrected chi connectivity index (χ1v) is 10.6. The molecule has 2 aliphatic heterocycles. The third-order valence-corrected chi connectivity index (χ3v) is 6.23. The molecule has 4 atom stereocenters. The average molecular weight is 411 g/mol. The fourth-order valence-electron chi connectivity index (χ4n) is 3.87. The maximum Gasteiger partial charge on any atom is 0.147 e. The summed E-state index contributed by atoms with van der Waals surface area (Å²) < 4.78 is 29.3. The van der Waals surface area contributed by atoms with Crippen molar-refractivity contribution < 1.29 is 8.78 Å². The molecule has 2 heterocycles. The van der Waals surface area contributed by atoms with Gasteiger partial charge in [-0.25, -0.2) is 8.78 Å². The first-order chi connectivity index (χ1) is 14.3. The summed E-state index contributed by atoms with van der Waals surface area (Å²) in [5, 5.41) is 6.19. The molecule has 2 aromatic rings. The fourth-order valence-corrected chi connectivity index (χ4v) is 3.87. The van der Waals surface area contributed by atoms with Crippen LogP contribution in [0.25, 0.3) is 11.1 Å².